The number of anilines is 1. The van der Waals surface area contributed by atoms with Gasteiger partial charge in [-0.05, 0) is 58.2 Å². The predicted octanol–water partition coefficient (Wildman–Crippen LogP) is 3.78. The summed E-state index contributed by atoms with van der Waals surface area (Å²) in [4.78, 5) is 0.180. The van der Waals surface area contributed by atoms with Gasteiger partial charge < -0.3 is 5.73 Å². The van der Waals surface area contributed by atoms with E-state index in [0.29, 0.717) is 16.7 Å². The SMILES string of the molecule is Cc1ccc(Br)cc1NS(=O)(=O)c1ccc(CN)cc1Br. The van der Waals surface area contributed by atoms with E-state index in [1.54, 1.807) is 24.3 Å². The maximum Gasteiger partial charge on any atom is 0.263 e. The Hall–Kier alpha value is -0.890. The van der Waals surface area contributed by atoms with E-state index in [1.165, 1.54) is 0 Å². The van der Waals surface area contributed by atoms with Gasteiger partial charge in [0.15, 0.2) is 0 Å². The number of aryl methyl sites for hydroxylation is 1. The highest BCUT2D eigenvalue weighted by molar-refractivity contribution is 9.10. The van der Waals surface area contributed by atoms with Gasteiger partial charge in [0.25, 0.3) is 10.0 Å². The Kier molecular flexibility index (Phi) is 5.08. The van der Waals surface area contributed by atoms with Crippen molar-refractivity contribution in [3.8, 4) is 0 Å². The Bertz CT molecular complexity index is 777. The summed E-state index contributed by atoms with van der Waals surface area (Å²) in [6.07, 6.45) is 0. The summed E-state index contributed by atoms with van der Waals surface area (Å²) in [5, 5.41) is 0. The third kappa shape index (κ3) is 3.85. The topological polar surface area (TPSA) is 72.2 Å². The zero-order valence-electron chi connectivity index (χ0n) is 11.2. The summed E-state index contributed by atoms with van der Waals surface area (Å²) in [6, 6.07) is 10.4. The summed E-state index contributed by atoms with van der Waals surface area (Å²) in [6.45, 7) is 2.20. The molecule has 2 aromatic carbocycles. The van der Waals surface area contributed by atoms with E-state index >= 15 is 0 Å². The Morgan fingerprint density at radius 3 is 2.48 bits per heavy atom. The van der Waals surface area contributed by atoms with Crippen LogP contribution in [-0.2, 0) is 16.6 Å². The number of nitrogens with one attached hydrogen (secondary N) is 1. The zero-order chi connectivity index (χ0) is 15.6. The number of sulfonamides is 1. The number of benzene rings is 2. The first-order chi connectivity index (χ1) is 9.83. The average molecular weight is 434 g/mol. The molecule has 0 amide bonds. The molecule has 0 aliphatic rings. The van der Waals surface area contributed by atoms with Crippen LogP contribution >= 0.6 is 31.9 Å². The van der Waals surface area contributed by atoms with Gasteiger partial charge in [0, 0.05) is 15.5 Å². The fourth-order valence-electron chi connectivity index (χ4n) is 1.79. The maximum absolute atomic E-state index is 12.5. The number of rotatable bonds is 4. The third-order valence-corrected chi connectivity index (χ3v) is 5.80. The molecule has 112 valence electrons. The molecule has 4 nitrogen and oxygen atoms in total. The lowest BCUT2D eigenvalue weighted by Crippen LogP contribution is -2.14. The van der Waals surface area contributed by atoms with Crippen molar-refractivity contribution in [2.24, 2.45) is 5.73 Å². The fourth-order valence-corrected chi connectivity index (χ4v) is 4.40. The van der Waals surface area contributed by atoms with Gasteiger partial charge in [-0.25, -0.2) is 8.42 Å². The van der Waals surface area contributed by atoms with Crippen molar-refractivity contribution in [1.29, 1.82) is 0 Å². The van der Waals surface area contributed by atoms with Crippen LogP contribution in [0.3, 0.4) is 0 Å². The van der Waals surface area contributed by atoms with E-state index in [0.717, 1.165) is 15.6 Å². The number of halogens is 2. The van der Waals surface area contributed by atoms with Crippen LogP contribution < -0.4 is 10.5 Å². The van der Waals surface area contributed by atoms with E-state index in [4.69, 9.17) is 5.73 Å². The van der Waals surface area contributed by atoms with Crippen molar-refractivity contribution in [1.82, 2.24) is 0 Å². The highest BCUT2D eigenvalue weighted by Gasteiger charge is 2.18. The largest absolute Gasteiger partial charge is 0.326 e. The Morgan fingerprint density at radius 1 is 1.14 bits per heavy atom. The van der Waals surface area contributed by atoms with Crippen LogP contribution in [0.4, 0.5) is 5.69 Å². The molecule has 0 unspecified atom stereocenters. The van der Waals surface area contributed by atoms with Crippen molar-refractivity contribution in [3.63, 3.8) is 0 Å². The highest BCUT2D eigenvalue weighted by Crippen LogP contribution is 2.27. The first-order valence-corrected chi connectivity index (χ1v) is 9.18. The van der Waals surface area contributed by atoms with Crippen LogP contribution in [0.1, 0.15) is 11.1 Å². The Labute approximate surface area is 141 Å². The number of nitrogens with two attached hydrogens (primary N) is 1. The molecule has 2 aromatic rings. The second kappa shape index (κ2) is 6.48. The minimum absolute atomic E-state index is 0.180. The van der Waals surface area contributed by atoms with Crippen LogP contribution in [0.25, 0.3) is 0 Å². The molecule has 0 spiro atoms. The summed E-state index contributed by atoms with van der Waals surface area (Å²) >= 11 is 6.62. The first kappa shape index (κ1) is 16.5. The molecule has 3 N–H and O–H groups in total. The third-order valence-electron chi connectivity index (χ3n) is 2.97. The minimum Gasteiger partial charge on any atom is -0.326 e. The smallest absolute Gasteiger partial charge is 0.263 e. The second-order valence-electron chi connectivity index (χ2n) is 4.53. The van der Waals surface area contributed by atoms with Gasteiger partial charge in [0.1, 0.15) is 4.90 Å². The first-order valence-electron chi connectivity index (χ1n) is 6.11. The van der Waals surface area contributed by atoms with E-state index in [-0.39, 0.29) is 4.90 Å². The molecular formula is C14H14Br2N2O2S. The van der Waals surface area contributed by atoms with Crippen molar-refractivity contribution < 1.29 is 8.42 Å². The molecule has 21 heavy (non-hydrogen) atoms. The van der Waals surface area contributed by atoms with Crippen LogP contribution in [-0.4, -0.2) is 8.42 Å². The maximum atomic E-state index is 12.5. The molecule has 0 bridgehead atoms. The van der Waals surface area contributed by atoms with Crippen molar-refractivity contribution in [3.05, 3.63) is 56.5 Å². The Balaban J connectivity index is 2.41. The lowest BCUT2D eigenvalue weighted by molar-refractivity contribution is 0.600. The van der Waals surface area contributed by atoms with Gasteiger partial charge in [-0.1, -0.05) is 28.1 Å². The van der Waals surface area contributed by atoms with Gasteiger partial charge in [-0.15, -0.1) is 0 Å². The molecular weight excluding hydrogens is 420 g/mol. The van der Waals surface area contributed by atoms with Crippen molar-refractivity contribution >= 4 is 47.6 Å². The highest BCUT2D eigenvalue weighted by atomic mass is 79.9. The van der Waals surface area contributed by atoms with E-state index in [9.17, 15) is 8.42 Å². The fraction of sp³-hybridized carbons (Fsp3) is 0.143. The molecule has 0 aliphatic heterocycles. The van der Waals surface area contributed by atoms with Crippen molar-refractivity contribution in [2.75, 3.05) is 4.72 Å². The van der Waals surface area contributed by atoms with Crippen LogP contribution in [0, 0.1) is 6.92 Å². The summed E-state index contributed by atoms with van der Waals surface area (Å²) in [5.41, 5.74) is 7.79. The van der Waals surface area contributed by atoms with E-state index in [1.807, 2.05) is 19.1 Å². The molecule has 0 aromatic heterocycles. The standard InChI is InChI=1S/C14H14Br2N2O2S/c1-9-2-4-11(15)7-13(9)18-21(19,20)14-5-3-10(8-17)6-12(14)16/h2-7,18H,8,17H2,1H3. The predicted molar refractivity (Wildman–Crippen MR) is 91.7 cm³/mol. The van der Waals surface area contributed by atoms with Crippen LogP contribution in [0.15, 0.2) is 50.2 Å². The molecule has 2 rings (SSSR count). The lowest BCUT2D eigenvalue weighted by atomic mass is 10.2. The van der Waals surface area contributed by atoms with E-state index < -0.39 is 10.0 Å². The summed E-state index contributed by atoms with van der Waals surface area (Å²) < 4.78 is 28.9. The molecule has 0 aliphatic carbocycles. The number of hydrogen-bond donors (Lipinski definition) is 2. The summed E-state index contributed by atoms with van der Waals surface area (Å²) in [7, 11) is -3.67. The zero-order valence-corrected chi connectivity index (χ0v) is 15.2. The average Bonchev–Trinajstić information content (AvgIpc) is 2.42. The molecule has 0 saturated heterocycles. The van der Waals surface area contributed by atoms with Crippen LogP contribution in [0.2, 0.25) is 0 Å². The van der Waals surface area contributed by atoms with Gasteiger partial charge in [0.2, 0.25) is 0 Å². The molecule has 0 heterocycles. The molecule has 0 atom stereocenters. The normalized spacial score (nSPS) is 11.4. The minimum atomic E-state index is -3.67. The number of hydrogen-bond acceptors (Lipinski definition) is 3. The second-order valence-corrected chi connectivity index (χ2v) is 7.95. The Morgan fingerprint density at radius 2 is 1.86 bits per heavy atom. The summed E-state index contributed by atoms with van der Waals surface area (Å²) in [5.74, 6) is 0. The monoisotopic (exact) mass is 432 g/mol. The van der Waals surface area contributed by atoms with Gasteiger partial charge >= 0.3 is 0 Å². The van der Waals surface area contributed by atoms with Gasteiger partial charge in [-0.3, -0.25) is 4.72 Å². The van der Waals surface area contributed by atoms with Crippen LogP contribution in [0.5, 0.6) is 0 Å². The molecule has 7 heteroatoms. The molecule has 0 saturated carbocycles. The van der Waals surface area contributed by atoms with E-state index in [2.05, 4.69) is 36.6 Å². The van der Waals surface area contributed by atoms with Gasteiger partial charge in [0.05, 0.1) is 5.69 Å². The molecule has 0 radical (unpaired) electrons. The van der Waals surface area contributed by atoms with Crippen molar-refractivity contribution in [2.45, 2.75) is 18.4 Å². The lowest BCUT2D eigenvalue weighted by Gasteiger charge is -2.12. The quantitative estimate of drug-likeness (QED) is 0.770. The molecule has 0 fully saturated rings. The van der Waals surface area contributed by atoms with Gasteiger partial charge in [-0.2, -0.15) is 0 Å².